The van der Waals surface area contributed by atoms with Gasteiger partial charge in [-0.05, 0) is 41.3 Å². The molecule has 2 heterocycles. The zero-order valence-electron chi connectivity index (χ0n) is 14.1. The van der Waals surface area contributed by atoms with Crippen molar-refractivity contribution in [2.24, 2.45) is 0 Å². The average molecular weight is 421 g/mol. The van der Waals surface area contributed by atoms with Gasteiger partial charge in [0.1, 0.15) is 11.9 Å². The van der Waals surface area contributed by atoms with E-state index >= 15 is 0 Å². The highest BCUT2D eigenvalue weighted by Crippen LogP contribution is 2.32. The Morgan fingerprint density at radius 1 is 1.19 bits per heavy atom. The molecule has 2 aromatic heterocycles. The second kappa shape index (κ2) is 7.98. The number of thiophene rings is 1. The lowest BCUT2D eigenvalue weighted by Gasteiger charge is -2.20. The molecule has 4 rings (SSSR count). The van der Waals surface area contributed by atoms with Crippen molar-refractivity contribution in [3.8, 4) is 0 Å². The van der Waals surface area contributed by atoms with Crippen LogP contribution in [0.2, 0.25) is 10.0 Å². The molecule has 138 valence electrons. The van der Waals surface area contributed by atoms with Gasteiger partial charge in [-0.15, -0.1) is 11.3 Å². The van der Waals surface area contributed by atoms with E-state index in [4.69, 9.17) is 27.9 Å². The molecule has 27 heavy (non-hydrogen) atoms. The lowest BCUT2D eigenvalue weighted by molar-refractivity contribution is 0.0288. The smallest absolute Gasteiger partial charge is 0.123 e. The fraction of sp³-hybridized carbons (Fsp3) is 0.150. The number of fused-ring (bicyclic) bond motifs is 1. The summed E-state index contributed by atoms with van der Waals surface area (Å²) in [5, 5.41) is 4.00. The van der Waals surface area contributed by atoms with Crippen LogP contribution in [-0.2, 0) is 17.9 Å². The summed E-state index contributed by atoms with van der Waals surface area (Å²) >= 11 is 14.0. The van der Waals surface area contributed by atoms with Gasteiger partial charge in [-0.2, -0.15) is 0 Å². The van der Waals surface area contributed by atoms with Gasteiger partial charge in [0.15, 0.2) is 0 Å². The highest BCUT2D eigenvalue weighted by molar-refractivity contribution is 7.17. The van der Waals surface area contributed by atoms with Gasteiger partial charge in [0.2, 0.25) is 0 Å². The third-order valence-electron chi connectivity index (χ3n) is 4.30. The molecule has 0 aliphatic carbocycles. The van der Waals surface area contributed by atoms with Crippen molar-refractivity contribution in [1.82, 2.24) is 9.55 Å². The summed E-state index contributed by atoms with van der Waals surface area (Å²) in [6.07, 6.45) is 5.02. The van der Waals surface area contributed by atoms with Gasteiger partial charge >= 0.3 is 0 Å². The predicted molar refractivity (Wildman–Crippen MR) is 108 cm³/mol. The fourth-order valence-electron chi connectivity index (χ4n) is 2.95. The number of rotatable bonds is 6. The molecule has 2 aromatic carbocycles. The van der Waals surface area contributed by atoms with Crippen molar-refractivity contribution in [3.63, 3.8) is 0 Å². The van der Waals surface area contributed by atoms with E-state index in [9.17, 15) is 4.39 Å². The van der Waals surface area contributed by atoms with Crippen LogP contribution in [0.15, 0.2) is 60.5 Å². The number of halogens is 3. The topological polar surface area (TPSA) is 27.1 Å². The number of hydrogen-bond donors (Lipinski definition) is 0. The lowest BCUT2D eigenvalue weighted by atomic mass is 10.1. The number of benzene rings is 2. The van der Waals surface area contributed by atoms with Crippen molar-refractivity contribution >= 4 is 44.6 Å². The molecule has 0 spiro atoms. The Balaban J connectivity index is 1.61. The maximum absolute atomic E-state index is 13.6. The molecule has 0 fully saturated rings. The van der Waals surface area contributed by atoms with Gasteiger partial charge in [0.25, 0.3) is 0 Å². The molecule has 0 aliphatic heterocycles. The fourth-order valence-corrected chi connectivity index (χ4v) is 4.40. The van der Waals surface area contributed by atoms with Gasteiger partial charge < -0.3 is 9.30 Å². The van der Waals surface area contributed by atoms with E-state index in [0.29, 0.717) is 23.2 Å². The van der Waals surface area contributed by atoms with Crippen LogP contribution in [0.4, 0.5) is 4.39 Å². The average Bonchev–Trinajstić information content (AvgIpc) is 3.28. The first-order valence-electron chi connectivity index (χ1n) is 8.28. The first-order chi connectivity index (χ1) is 13.1. The van der Waals surface area contributed by atoms with Crippen LogP contribution >= 0.6 is 34.5 Å². The second-order valence-corrected chi connectivity index (χ2v) is 7.88. The highest BCUT2D eigenvalue weighted by atomic mass is 35.5. The zero-order chi connectivity index (χ0) is 18.8. The minimum absolute atomic E-state index is 0.252. The molecule has 7 heteroatoms. The van der Waals surface area contributed by atoms with Gasteiger partial charge in [0, 0.05) is 38.1 Å². The Bertz CT molecular complexity index is 1070. The molecular weight excluding hydrogens is 406 g/mol. The van der Waals surface area contributed by atoms with Crippen molar-refractivity contribution < 1.29 is 9.13 Å². The molecule has 0 radical (unpaired) electrons. The van der Waals surface area contributed by atoms with Crippen LogP contribution in [0.5, 0.6) is 0 Å². The molecule has 0 bridgehead atoms. The van der Waals surface area contributed by atoms with Gasteiger partial charge in [-0.1, -0.05) is 29.3 Å². The Hall–Kier alpha value is -1.92. The third kappa shape index (κ3) is 4.17. The molecule has 0 amide bonds. The lowest BCUT2D eigenvalue weighted by Crippen LogP contribution is -2.12. The normalized spacial score (nSPS) is 12.6. The van der Waals surface area contributed by atoms with Gasteiger partial charge in [-0.3, -0.25) is 0 Å². The molecule has 0 saturated heterocycles. The molecule has 0 saturated carbocycles. The SMILES string of the molecule is Fc1ccc2scc(COC(Cn3ccnc3)c3ccc(Cl)cc3Cl)c2c1. The maximum atomic E-state index is 13.6. The van der Waals surface area contributed by atoms with E-state index in [-0.39, 0.29) is 11.9 Å². The third-order valence-corrected chi connectivity index (χ3v) is 5.88. The second-order valence-electron chi connectivity index (χ2n) is 6.13. The number of nitrogens with zero attached hydrogens (tertiary/aromatic N) is 2. The van der Waals surface area contributed by atoms with Crippen molar-refractivity contribution in [2.45, 2.75) is 19.3 Å². The Kier molecular flexibility index (Phi) is 5.45. The molecule has 1 unspecified atom stereocenters. The minimum atomic E-state index is -0.299. The number of hydrogen-bond acceptors (Lipinski definition) is 3. The van der Waals surface area contributed by atoms with Crippen LogP contribution in [0.1, 0.15) is 17.2 Å². The number of aromatic nitrogens is 2. The summed E-state index contributed by atoms with van der Waals surface area (Å²) in [4.78, 5) is 4.08. The van der Waals surface area contributed by atoms with Crippen molar-refractivity contribution in [3.05, 3.63) is 87.5 Å². The first kappa shape index (κ1) is 18.4. The summed E-state index contributed by atoms with van der Waals surface area (Å²) in [5.41, 5.74) is 1.80. The van der Waals surface area contributed by atoms with Crippen LogP contribution < -0.4 is 0 Å². The maximum Gasteiger partial charge on any atom is 0.123 e. The van der Waals surface area contributed by atoms with E-state index in [1.54, 1.807) is 48.1 Å². The molecule has 3 nitrogen and oxygen atoms in total. The van der Waals surface area contributed by atoms with E-state index in [1.165, 1.54) is 6.07 Å². The molecular formula is C20H15Cl2FN2OS. The first-order valence-corrected chi connectivity index (χ1v) is 9.91. The van der Waals surface area contributed by atoms with Crippen LogP contribution in [-0.4, -0.2) is 9.55 Å². The summed E-state index contributed by atoms with van der Waals surface area (Å²) in [6.45, 7) is 0.902. The van der Waals surface area contributed by atoms with Crippen LogP contribution in [0.25, 0.3) is 10.1 Å². The monoisotopic (exact) mass is 420 g/mol. The molecule has 0 aliphatic rings. The number of imidazole rings is 1. The minimum Gasteiger partial charge on any atom is -0.367 e. The van der Waals surface area contributed by atoms with Crippen molar-refractivity contribution in [2.75, 3.05) is 0 Å². The van der Waals surface area contributed by atoms with Gasteiger partial charge in [-0.25, -0.2) is 9.37 Å². The Morgan fingerprint density at radius 3 is 2.85 bits per heavy atom. The predicted octanol–water partition coefficient (Wildman–Crippen LogP) is 6.50. The van der Waals surface area contributed by atoms with E-state index in [2.05, 4.69) is 4.98 Å². The van der Waals surface area contributed by atoms with Crippen molar-refractivity contribution in [1.29, 1.82) is 0 Å². The van der Waals surface area contributed by atoms with Crippen LogP contribution in [0, 0.1) is 5.82 Å². The summed E-state index contributed by atoms with van der Waals surface area (Å²) < 4.78 is 22.8. The molecule has 4 aromatic rings. The Morgan fingerprint density at radius 2 is 2.07 bits per heavy atom. The summed E-state index contributed by atoms with van der Waals surface area (Å²) in [5.74, 6) is -0.252. The standard InChI is InChI=1S/C20H15Cl2FN2OS/c21-14-1-3-16(18(22)7-14)19(9-25-6-5-24-12-25)26-10-13-11-27-20-4-2-15(23)8-17(13)20/h1-8,11-12,19H,9-10H2. The summed E-state index contributed by atoms with van der Waals surface area (Å²) in [7, 11) is 0. The van der Waals surface area contributed by atoms with E-state index < -0.39 is 0 Å². The van der Waals surface area contributed by atoms with E-state index in [1.807, 2.05) is 22.2 Å². The number of ether oxygens (including phenoxy) is 1. The van der Waals surface area contributed by atoms with Gasteiger partial charge in [0.05, 0.1) is 19.5 Å². The van der Waals surface area contributed by atoms with Crippen LogP contribution in [0.3, 0.4) is 0 Å². The summed E-state index contributed by atoms with van der Waals surface area (Å²) in [6, 6.07) is 10.2. The molecule has 1 atom stereocenters. The highest BCUT2D eigenvalue weighted by Gasteiger charge is 2.18. The Labute approximate surface area is 169 Å². The molecule has 0 N–H and O–H groups in total. The van der Waals surface area contributed by atoms with E-state index in [0.717, 1.165) is 21.2 Å². The largest absolute Gasteiger partial charge is 0.367 e. The quantitative estimate of drug-likeness (QED) is 0.355. The zero-order valence-corrected chi connectivity index (χ0v) is 16.4.